The highest BCUT2D eigenvalue weighted by Gasteiger charge is 2.13. The minimum atomic E-state index is -0.202. The van der Waals surface area contributed by atoms with Crippen LogP contribution in [0.3, 0.4) is 0 Å². The maximum absolute atomic E-state index is 12.1. The van der Waals surface area contributed by atoms with E-state index in [4.69, 9.17) is 17.4 Å². The number of thioether (sulfide) groups is 1. The van der Waals surface area contributed by atoms with Crippen LogP contribution in [-0.2, 0) is 11.2 Å². The van der Waals surface area contributed by atoms with Crippen molar-refractivity contribution in [2.24, 2.45) is 0 Å². The van der Waals surface area contributed by atoms with E-state index in [-0.39, 0.29) is 11.7 Å². The van der Waals surface area contributed by atoms with Gasteiger partial charge in [0.25, 0.3) is 0 Å². The Kier molecular flexibility index (Phi) is 6.18. The second-order valence-corrected chi connectivity index (χ2v) is 7.66. The quantitative estimate of drug-likeness (QED) is 0.440. The molecule has 134 valence electrons. The second-order valence-electron chi connectivity index (χ2n) is 5.39. The number of anilines is 1. The molecule has 0 saturated heterocycles. The Morgan fingerprint density at radius 1 is 1.23 bits per heavy atom. The van der Waals surface area contributed by atoms with E-state index >= 15 is 0 Å². The molecule has 9 heteroatoms. The maximum atomic E-state index is 12.1. The molecule has 0 aliphatic heterocycles. The average molecular weight is 453 g/mol. The Morgan fingerprint density at radius 2 is 2.00 bits per heavy atom. The molecule has 0 saturated carbocycles. The Morgan fingerprint density at radius 3 is 2.73 bits per heavy atom. The predicted molar refractivity (Wildman–Crippen MR) is 108 cm³/mol. The zero-order chi connectivity index (χ0) is 18.5. The first kappa shape index (κ1) is 18.8. The van der Waals surface area contributed by atoms with Crippen LogP contribution in [0.15, 0.2) is 58.2 Å². The molecule has 0 atom stereocenters. The molecule has 0 unspecified atom stereocenters. The standard InChI is InChI=1S/C17H15BrClN5OS/c18-12-6-7-14(13(19)9-12)21-16(25)10-26-17-23-22-15(24(17)20)8-11-4-2-1-3-5-11/h1-7,9H,8,10,20H2,(H,21,25). The number of benzene rings is 2. The van der Waals surface area contributed by atoms with Crippen LogP contribution in [0.4, 0.5) is 5.69 Å². The Labute approximate surface area is 168 Å². The summed E-state index contributed by atoms with van der Waals surface area (Å²) in [4.78, 5) is 12.1. The third-order valence-electron chi connectivity index (χ3n) is 3.48. The summed E-state index contributed by atoms with van der Waals surface area (Å²) in [5.41, 5.74) is 1.64. The largest absolute Gasteiger partial charge is 0.336 e. The molecule has 1 heterocycles. The topological polar surface area (TPSA) is 85.8 Å². The van der Waals surface area contributed by atoms with Gasteiger partial charge in [0.1, 0.15) is 0 Å². The van der Waals surface area contributed by atoms with Gasteiger partial charge in [-0.15, -0.1) is 10.2 Å². The normalized spacial score (nSPS) is 10.7. The van der Waals surface area contributed by atoms with E-state index in [1.807, 2.05) is 30.3 Å². The maximum Gasteiger partial charge on any atom is 0.234 e. The van der Waals surface area contributed by atoms with Crippen LogP contribution in [0.1, 0.15) is 11.4 Å². The summed E-state index contributed by atoms with van der Waals surface area (Å²) in [6.07, 6.45) is 0.575. The summed E-state index contributed by atoms with van der Waals surface area (Å²) in [5.74, 6) is 6.62. The van der Waals surface area contributed by atoms with Gasteiger partial charge in [0, 0.05) is 10.9 Å². The fourth-order valence-corrected chi connectivity index (χ4v) is 3.61. The average Bonchev–Trinajstić information content (AvgIpc) is 2.96. The van der Waals surface area contributed by atoms with Gasteiger partial charge in [0.2, 0.25) is 11.1 Å². The lowest BCUT2D eigenvalue weighted by atomic mass is 10.1. The van der Waals surface area contributed by atoms with Gasteiger partial charge < -0.3 is 11.2 Å². The van der Waals surface area contributed by atoms with Crippen LogP contribution in [0.5, 0.6) is 0 Å². The molecule has 3 rings (SSSR count). The van der Waals surface area contributed by atoms with Gasteiger partial charge in [-0.2, -0.15) is 0 Å². The molecule has 0 aliphatic carbocycles. The molecule has 0 radical (unpaired) electrons. The van der Waals surface area contributed by atoms with Crippen molar-refractivity contribution in [3.8, 4) is 0 Å². The first-order chi connectivity index (χ1) is 12.5. The van der Waals surface area contributed by atoms with E-state index < -0.39 is 0 Å². The molecule has 0 aliphatic rings. The summed E-state index contributed by atoms with van der Waals surface area (Å²) in [5, 5.41) is 11.9. The summed E-state index contributed by atoms with van der Waals surface area (Å²) < 4.78 is 2.26. The van der Waals surface area contributed by atoms with Gasteiger partial charge in [0.05, 0.1) is 16.5 Å². The van der Waals surface area contributed by atoms with Gasteiger partial charge in [-0.25, -0.2) is 4.68 Å². The van der Waals surface area contributed by atoms with Gasteiger partial charge in [0.15, 0.2) is 5.82 Å². The summed E-state index contributed by atoms with van der Waals surface area (Å²) in [7, 11) is 0. The van der Waals surface area contributed by atoms with Gasteiger partial charge in [-0.1, -0.05) is 69.6 Å². The van der Waals surface area contributed by atoms with Crippen LogP contribution < -0.4 is 11.2 Å². The Bertz CT molecular complexity index is 919. The van der Waals surface area contributed by atoms with Gasteiger partial charge in [-0.3, -0.25) is 4.79 Å². The van der Waals surface area contributed by atoms with Crippen molar-refractivity contribution in [2.45, 2.75) is 11.6 Å². The van der Waals surface area contributed by atoms with Crippen molar-refractivity contribution in [1.29, 1.82) is 0 Å². The third-order valence-corrected chi connectivity index (χ3v) is 5.23. The lowest BCUT2D eigenvalue weighted by Crippen LogP contribution is -2.17. The van der Waals surface area contributed by atoms with Crippen molar-refractivity contribution in [3.63, 3.8) is 0 Å². The molecule has 1 amide bonds. The van der Waals surface area contributed by atoms with E-state index in [0.29, 0.717) is 28.1 Å². The molecule has 3 aromatic rings. The predicted octanol–water partition coefficient (Wildman–Crippen LogP) is 3.73. The summed E-state index contributed by atoms with van der Waals surface area (Å²) in [6, 6.07) is 15.1. The lowest BCUT2D eigenvalue weighted by Gasteiger charge is -2.07. The van der Waals surface area contributed by atoms with E-state index in [1.54, 1.807) is 18.2 Å². The van der Waals surface area contributed by atoms with Crippen LogP contribution in [0, 0.1) is 0 Å². The molecule has 26 heavy (non-hydrogen) atoms. The van der Waals surface area contributed by atoms with Crippen LogP contribution in [-0.4, -0.2) is 26.5 Å². The number of nitrogens with one attached hydrogen (secondary N) is 1. The van der Waals surface area contributed by atoms with E-state index in [0.717, 1.165) is 10.0 Å². The highest BCUT2D eigenvalue weighted by Crippen LogP contribution is 2.26. The van der Waals surface area contributed by atoms with Crippen molar-refractivity contribution in [2.75, 3.05) is 16.9 Å². The Hall–Kier alpha value is -2.03. The minimum Gasteiger partial charge on any atom is -0.336 e. The molecular formula is C17H15BrClN5OS. The number of hydrogen-bond donors (Lipinski definition) is 2. The van der Waals surface area contributed by atoms with Gasteiger partial charge in [-0.05, 0) is 23.8 Å². The zero-order valence-electron chi connectivity index (χ0n) is 13.5. The number of nitrogens with zero attached hydrogens (tertiary/aromatic N) is 3. The lowest BCUT2D eigenvalue weighted by molar-refractivity contribution is -0.113. The molecule has 0 bridgehead atoms. The molecule has 1 aromatic heterocycles. The first-order valence-corrected chi connectivity index (χ1v) is 9.79. The van der Waals surface area contributed by atoms with E-state index in [9.17, 15) is 4.79 Å². The van der Waals surface area contributed by atoms with Crippen LogP contribution in [0.25, 0.3) is 0 Å². The fourth-order valence-electron chi connectivity index (χ4n) is 2.21. The van der Waals surface area contributed by atoms with Crippen molar-refractivity contribution < 1.29 is 4.79 Å². The summed E-state index contributed by atoms with van der Waals surface area (Å²) >= 11 is 10.6. The molecule has 3 N–H and O–H groups in total. The molecular weight excluding hydrogens is 438 g/mol. The Balaban J connectivity index is 1.58. The molecule has 6 nitrogen and oxygen atoms in total. The van der Waals surface area contributed by atoms with E-state index in [2.05, 4.69) is 31.4 Å². The van der Waals surface area contributed by atoms with Crippen LogP contribution >= 0.6 is 39.3 Å². The van der Waals surface area contributed by atoms with E-state index in [1.165, 1.54) is 16.4 Å². The SMILES string of the molecule is Nn1c(Cc2ccccc2)nnc1SCC(=O)Nc1ccc(Br)cc1Cl. The second kappa shape index (κ2) is 8.57. The van der Waals surface area contributed by atoms with Crippen LogP contribution in [0.2, 0.25) is 5.02 Å². The number of rotatable bonds is 6. The number of hydrogen-bond acceptors (Lipinski definition) is 5. The monoisotopic (exact) mass is 451 g/mol. The number of amides is 1. The number of halogens is 2. The summed E-state index contributed by atoms with van der Waals surface area (Å²) in [6.45, 7) is 0. The highest BCUT2D eigenvalue weighted by atomic mass is 79.9. The number of nitrogen functional groups attached to an aromatic ring is 1. The third kappa shape index (κ3) is 4.78. The molecule has 0 fully saturated rings. The number of carbonyl (C=O) groups excluding carboxylic acids is 1. The number of nitrogens with two attached hydrogens (primary N) is 1. The molecule has 2 aromatic carbocycles. The molecule has 0 spiro atoms. The number of carbonyl (C=O) groups is 1. The highest BCUT2D eigenvalue weighted by molar-refractivity contribution is 9.10. The fraction of sp³-hybridized carbons (Fsp3) is 0.118. The number of aromatic nitrogens is 3. The van der Waals surface area contributed by atoms with Crippen molar-refractivity contribution >= 4 is 50.9 Å². The first-order valence-electron chi connectivity index (χ1n) is 7.64. The van der Waals surface area contributed by atoms with Gasteiger partial charge >= 0.3 is 0 Å². The minimum absolute atomic E-state index is 0.146. The smallest absolute Gasteiger partial charge is 0.234 e. The zero-order valence-corrected chi connectivity index (χ0v) is 16.7. The van der Waals surface area contributed by atoms with Crippen molar-refractivity contribution in [3.05, 3.63) is 69.4 Å². The van der Waals surface area contributed by atoms with Crippen molar-refractivity contribution in [1.82, 2.24) is 14.9 Å².